The van der Waals surface area contributed by atoms with Crippen molar-refractivity contribution in [2.45, 2.75) is 33.2 Å². The van der Waals surface area contributed by atoms with Gasteiger partial charge in [0.2, 0.25) is 15.9 Å². The third-order valence-electron chi connectivity index (χ3n) is 4.00. The van der Waals surface area contributed by atoms with Crippen molar-refractivity contribution in [1.82, 2.24) is 14.5 Å². The van der Waals surface area contributed by atoms with Crippen LogP contribution in [-0.2, 0) is 14.8 Å². The molecular weight excluding hydrogens is 384 g/mol. The van der Waals surface area contributed by atoms with Gasteiger partial charge in [0.15, 0.2) is 0 Å². The molecule has 0 radical (unpaired) electrons. The first-order valence-electron chi connectivity index (χ1n) is 8.69. The van der Waals surface area contributed by atoms with Crippen molar-refractivity contribution in [3.63, 3.8) is 0 Å². The van der Waals surface area contributed by atoms with Crippen LogP contribution in [0.4, 0.5) is 5.69 Å². The number of aryl methyl sites for hydroxylation is 2. The third-order valence-corrected chi connectivity index (χ3v) is 6.04. The molecular formula is C18H26N4O3S2. The summed E-state index contributed by atoms with van der Waals surface area (Å²) in [6.45, 7) is 5.43. The van der Waals surface area contributed by atoms with Crippen molar-refractivity contribution >= 4 is 33.4 Å². The molecule has 148 valence electrons. The van der Waals surface area contributed by atoms with Gasteiger partial charge >= 0.3 is 0 Å². The van der Waals surface area contributed by atoms with Crippen molar-refractivity contribution in [3.05, 3.63) is 41.7 Å². The molecule has 0 bridgehead atoms. The number of nitrogens with zero attached hydrogens (tertiary/aromatic N) is 2. The van der Waals surface area contributed by atoms with Gasteiger partial charge in [0.05, 0.1) is 17.1 Å². The zero-order chi connectivity index (χ0) is 20.0. The maximum atomic E-state index is 12.7. The highest BCUT2D eigenvalue weighted by Crippen LogP contribution is 2.17. The molecule has 1 aromatic heterocycles. The van der Waals surface area contributed by atoms with Crippen LogP contribution >= 0.6 is 11.8 Å². The number of rotatable bonds is 9. The van der Waals surface area contributed by atoms with Crippen molar-refractivity contribution < 1.29 is 13.2 Å². The number of carbonyl (C=O) groups is 1. The number of aromatic nitrogens is 2. The summed E-state index contributed by atoms with van der Waals surface area (Å²) < 4.78 is 28.1. The first-order chi connectivity index (χ1) is 12.8. The molecule has 27 heavy (non-hydrogen) atoms. The number of amides is 1. The Morgan fingerprint density at radius 1 is 1.30 bits per heavy atom. The molecule has 2 rings (SSSR count). The van der Waals surface area contributed by atoms with Gasteiger partial charge in [0, 0.05) is 11.4 Å². The molecule has 1 amide bonds. The number of carbonyl (C=O) groups excluding carboxylic acids is 1. The van der Waals surface area contributed by atoms with E-state index in [1.807, 2.05) is 44.4 Å². The van der Waals surface area contributed by atoms with Gasteiger partial charge in [-0.1, -0.05) is 6.07 Å². The van der Waals surface area contributed by atoms with E-state index in [1.165, 1.54) is 0 Å². The van der Waals surface area contributed by atoms with Gasteiger partial charge in [-0.25, -0.2) is 17.8 Å². The summed E-state index contributed by atoms with van der Waals surface area (Å²) in [6, 6.07) is 8.49. The Bertz CT molecular complexity index is 894. The maximum absolute atomic E-state index is 12.7. The van der Waals surface area contributed by atoms with Gasteiger partial charge in [-0.3, -0.25) is 4.79 Å². The quantitative estimate of drug-likeness (QED) is 0.662. The van der Waals surface area contributed by atoms with Gasteiger partial charge in [0.25, 0.3) is 0 Å². The van der Waals surface area contributed by atoms with Crippen LogP contribution in [0.2, 0.25) is 0 Å². The molecule has 2 N–H and O–H groups in total. The number of benzene rings is 1. The van der Waals surface area contributed by atoms with Crippen LogP contribution < -0.4 is 10.0 Å². The van der Waals surface area contributed by atoms with Crippen molar-refractivity contribution in [3.8, 4) is 5.69 Å². The molecule has 2 aromatic rings. The first-order valence-corrected chi connectivity index (χ1v) is 11.7. The molecule has 1 aromatic carbocycles. The summed E-state index contributed by atoms with van der Waals surface area (Å²) in [7, 11) is -3.47. The smallest absolute Gasteiger partial charge is 0.242 e. The van der Waals surface area contributed by atoms with Gasteiger partial charge in [-0.15, -0.1) is 0 Å². The molecule has 0 spiro atoms. The Hall–Kier alpha value is -1.84. The number of thioether (sulfide) groups is 1. The monoisotopic (exact) mass is 410 g/mol. The minimum absolute atomic E-state index is 0.0660. The Morgan fingerprint density at radius 3 is 2.63 bits per heavy atom. The third kappa shape index (κ3) is 6.08. The van der Waals surface area contributed by atoms with Gasteiger partial charge < -0.3 is 5.32 Å². The lowest BCUT2D eigenvalue weighted by atomic mass is 10.2. The molecule has 7 nitrogen and oxygen atoms in total. The van der Waals surface area contributed by atoms with E-state index < -0.39 is 16.1 Å². The van der Waals surface area contributed by atoms with Crippen LogP contribution in [0, 0.1) is 13.8 Å². The Balaban J connectivity index is 2.19. The van der Waals surface area contributed by atoms with E-state index in [9.17, 15) is 13.2 Å². The predicted octanol–water partition coefficient (Wildman–Crippen LogP) is 2.49. The summed E-state index contributed by atoms with van der Waals surface area (Å²) >= 11 is 1.56. The standard InChI is InChI=1S/C18H26N4O3S2/c1-5-27(24,25)21-17(9-10-26-4)18(23)19-15-7-6-8-16(12-15)22-14(3)11-13(2)20-22/h6-8,11-12,17,21H,5,9-10H2,1-4H3,(H,19,23). The van der Waals surface area contributed by atoms with Crippen LogP contribution in [0.5, 0.6) is 0 Å². The van der Waals surface area contributed by atoms with Crippen LogP contribution in [0.25, 0.3) is 5.69 Å². The predicted molar refractivity (Wildman–Crippen MR) is 111 cm³/mol. The molecule has 0 fully saturated rings. The van der Waals surface area contributed by atoms with Crippen LogP contribution in [0.15, 0.2) is 30.3 Å². The molecule has 1 heterocycles. The van der Waals surface area contributed by atoms with E-state index in [4.69, 9.17) is 0 Å². The van der Waals surface area contributed by atoms with Gasteiger partial charge in [-0.05, 0) is 63.5 Å². The molecule has 0 saturated carbocycles. The van der Waals surface area contributed by atoms with Crippen LogP contribution in [0.3, 0.4) is 0 Å². The molecule has 0 aliphatic carbocycles. The minimum Gasteiger partial charge on any atom is -0.325 e. The van der Waals surface area contributed by atoms with Crippen molar-refractivity contribution in [2.75, 3.05) is 23.1 Å². The van der Waals surface area contributed by atoms with E-state index in [0.717, 1.165) is 17.1 Å². The second-order valence-electron chi connectivity index (χ2n) is 6.23. The molecule has 0 saturated heterocycles. The van der Waals surface area contributed by atoms with Crippen LogP contribution in [0.1, 0.15) is 24.7 Å². The second-order valence-corrected chi connectivity index (χ2v) is 9.26. The Kier molecular flexibility index (Phi) is 7.46. The summed E-state index contributed by atoms with van der Waals surface area (Å²) in [5.74, 6) is 0.242. The van der Waals surface area contributed by atoms with E-state index in [1.54, 1.807) is 29.4 Å². The highest BCUT2D eigenvalue weighted by atomic mass is 32.2. The molecule has 1 atom stereocenters. The molecule has 0 aliphatic rings. The lowest BCUT2D eigenvalue weighted by molar-refractivity contribution is -0.117. The van der Waals surface area contributed by atoms with Gasteiger partial charge in [-0.2, -0.15) is 16.9 Å². The fourth-order valence-electron chi connectivity index (χ4n) is 2.61. The number of hydrogen-bond donors (Lipinski definition) is 2. The first kappa shape index (κ1) is 21.5. The minimum atomic E-state index is -3.47. The Labute approximate surface area is 165 Å². The summed E-state index contributed by atoms with van der Waals surface area (Å²) in [4.78, 5) is 12.7. The highest BCUT2D eigenvalue weighted by molar-refractivity contribution is 7.98. The van der Waals surface area contributed by atoms with Crippen molar-refractivity contribution in [2.24, 2.45) is 0 Å². The molecule has 1 unspecified atom stereocenters. The van der Waals surface area contributed by atoms with E-state index in [-0.39, 0.29) is 11.7 Å². The fraction of sp³-hybridized carbons (Fsp3) is 0.444. The normalized spacial score (nSPS) is 12.7. The number of nitrogens with one attached hydrogen (secondary N) is 2. The summed E-state index contributed by atoms with van der Waals surface area (Å²) in [5, 5.41) is 7.26. The number of anilines is 1. The average molecular weight is 411 g/mol. The van der Waals surface area contributed by atoms with Crippen molar-refractivity contribution in [1.29, 1.82) is 0 Å². The van der Waals surface area contributed by atoms with Crippen LogP contribution in [-0.4, -0.2) is 47.9 Å². The fourth-order valence-corrected chi connectivity index (χ4v) is 3.91. The van der Waals surface area contributed by atoms with E-state index >= 15 is 0 Å². The lowest BCUT2D eigenvalue weighted by Crippen LogP contribution is -2.44. The Morgan fingerprint density at radius 2 is 2.04 bits per heavy atom. The van der Waals surface area contributed by atoms with E-state index in [0.29, 0.717) is 17.9 Å². The topological polar surface area (TPSA) is 93.1 Å². The molecule has 0 aliphatic heterocycles. The summed E-state index contributed by atoms with van der Waals surface area (Å²) in [6.07, 6.45) is 2.34. The molecule has 9 heteroatoms. The van der Waals surface area contributed by atoms with E-state index in [2.05, 4.69) is 15.1 Å². The largest absolute Gasteiger partial charge is 0.325 e. The highest BCUT2D eigenvalue weighted by Gasteiger charge is 2.23. The summed E-state index contributed by atoms with van der Waals surface area (Å²) in [5.41, 5.74) is 3.32. The maximum Gasteiger partial charge on any atom is 0.242 e. The zero-order valence-corrected chi connectivity index (χ0v) is 17.7. The number of sulfonamides is 1. The second kappa shape index (κ2) is 9.38. The lowest BCUT2D eigenvalue weighted by Gasteiger charge is -2.18. The zero-order valence-electron chi connectivity index (χ0n) is 16.0. The average Bonchev–Trinajstić information content (AvgIpc) is 2.97. The SMILES string of the molecule is CCS(=O)(=O)NC(CCSC)C(=O)Nc1cccc(-n2nc(C)cc2C)c1. The van der Waals surface area contributed by atoms with Gasteiger partial charge in [0.1, 0.15) is 6.04 Å². The number of hydrogen-bond acceptors (Lipinski definition) is 5.